The molecule has 1 aromatic heterocycles. The molecule has 1 aliphatic heterocycles. The van der Waals surface area contributed by atoms with E-state index >= 15 is 0 Å². The molecule has 0 N–H and O–H groups in total. The van der Waals surface area contributed by atoms with E-state index in [4.69, 9.17) is 9.47 Å². The molecule has 0 radical (unpaired) electrons. The molecule has 0 aromatic carbocycles. The molecule has 1 saturated heterocycles. The van der Waals surface area contributed by atoms with Gasteiger partial charge in [-0.2, -0.15) is 0 Å². The Bertz CT molecular complexity index is 342. The second-order valence-electron chi connectivity index (χ2n) is 3.48. The van der Waals surface area contributed by atoms with Gasteiger partial charge in [0.15, 0.2) is 5.82 Å². The summed E-state index contributed by atoms with van der Waals surface area (Å²) in [4.78, 5) is 3.85. The van der Waals surface area contributed by atoms with Crippen LogP contribution in [0.2, 0.25) is 0 Å². The minimum Gasteiger partial charge on any atom is -0.475 e. The van der Waals surface area contributed by atoms with Crippen molar-refractivity contribution in [1.29, 1.82) is 0 Å². The normalized spacial score (nSPS) is 20.5. The van der Waals surface area contributed by atoms with Gasteiger partial charge >= 0.3 is 0 Å². The molecule has 5 heteroatoms. The van der Waals surface area contributed by atoms with Gasteiger partial charge in [0, 0.05) is 23.2 Å². The fraction of sp³-hybridized carbons (Fsp3) is 0.500. The zero-order chi connectivity index (χ0) is 10.7. The van der Waals surface area contributed by atoms with Crippen molar-refractivity contribution in [3.8, 4) is 5.88 Å². The molecule has 0 bridgehead atoms. The van der Waals surface area contributed by atoms with Crippen molar-refractivity contribution in [1.82, 2.24) is 4.98 Å². The van der Waals surface area contributed by atoms with Crippen molar-refractivity contribution in [3.05, 3.63) is 22.6 Å². The Morgan fingerprint density at radius 1 is 1.67 bits per heavy atom. The Kier molecular flexibility index (Phi) is 3.53. The van der Waals surface area contributed by atoms with Crippen LogP contribution in [0.25, 0.3) is 0 Å². The monoisotopic (exact) mass is 275 g/mol. The number of hydrogen-bond acceptors (Lipinski definition) is 3. The predicted molar refractivity (Wildman–Crippen MR) is 56.3 cm³/mol. The molecule has 1 unspecified atom stereocenters. The highest BCUT2D eigenvalue weighted by atomic mass is 79.9. The fourth-order valence-electron chi connectivity index (χ4n) is 1.42. The second kappa shape index (κ2) is 4.90. The summed E-state index contributed by atoms with van der Waals surface area (Å²) in [5.74, 6) is -0.0248. The molecule has 0 aliphatic carbocycles. The Labute approximate surface area is 95.7 Å². The first kappa shape index (κ1) is 10.8. The molecule has 2 rings (SSSR count). The highest BCUT2D eigenvalue weighted by Gasteiger charge is 2.17. The molecule has 3 nitrogen and oxygen atoms in total. The molecular weight excluding hydrogens is 265 g/mol. The number of nitrogens with zero attached hydrogens (tertiary/aromatic N) is 1. The van der Waals surface area contributed by atoms with Crippen LogP contribution in [0.5, 0.6) is 5.88 Å². The summed E-state index contributed by atoms with van der Waals surface area (Å²) in [5, 5.41) is 0. The molecule has 1 aromatic rings. The third kappa shape index (κ3) is 2.89. The predicted octanol–water partition coefficient (Wildman–Crippen LogP) is 2.40. The fourth-order valence-corrected chi connectivity index (χ4v) is 1.72. The van der Waals surface area contributed by atoms with E-state index in [9.17, 15) is 4.39 Å². The van der Waals surface area contributed by atoms with E-state index in [1.54, 1.807) is 0 Å². The smallest absolute Gasteiger partial charge is 0.250 e. The van der Waals surface area contributed by atoms with Crippen molar-refractivity contribution in [2.24, 2.45) is 5.92 Å². The molecule has 82 valence electrons. The van der Waals surface area contributed by atoms with Crippen LogP contribution < -0.4 is 4.74 Å². The van der Waals surface area contributed by atoms with Gasteiger partial charge < -0.3 is 9.47 Å². The molecule has 2 heterocycles. The highest BCUT2D eigenvalue weighted by molar-refractivity contribution is 9.10. The van der Waals surface area contributed by atoms with Crippen LogP contribution in [0.4, 0.5) is 4.39 Å². The maximum atomic E-state index is 13.3. The number of ether oxygens (including phenoxy) is 2. The molecule has 0 spiro atoms. The summed E-state index contributed by atoms with van der Waals surface area (Å²) in [6.07, 6.45) is 2.49. The summed E-state index contributed by atoms with van der Waals surface area (Å²) >= 11 is 3.14. The van der Waals surface area contributed by atoms with E-state index in [0.717, 1.165) is 13.0 Å². The van der Waals surface area contributed by atoms with E-state index in [1.165, 1.54) is 12.3 Å². The summed E-state index contributed by atoms with van der Waals surface area (Å²) in [6, 6.07) is 1.34. The number of halogens is 2. The van der Waals surface area contributed by atoms with Gasteiger partial charge in [0.05, 0.1) is 13.2 Å². The number of aromatic nitrogens is 1. The third-order valence-electron chi connectivity index (χ3n) is 2.25. The van der Waals surface area contributed by atoms with Crippen LogP contribution >= 0.6 is 15.9 Å². The van der Waals surface area contributed by atoms with Crippen LogP contribution in [-0.2, 0) is 4.74 Å². The topological polar surface area (TPSA) is 31.4 Å². The maximum Gasteiger partial charge on any atom is 0.250 e. The molecule has 0 amide bonds. The minimum atomic E-state index is -0.441. The summed E-state index contributed by atoms with van der Waals surface area (Å²) in [5.41, 5.74) is 0. The van der Waals surface area contributed by atoms with Crippen molar-refractivity contribution in [3.63, 3.8) is 0 Å². The third-order valence-corrected chi connectivity index (χ3v) is 2.69. The van der Waals surface area contributed by atoms with Crippen LogP contribution in [0.15, 0.2) is 16.7 Å². The molecule has 0 saturated carbocycles. The quantitative estimate of drug-likeness (QED) is 0.849. The van der Waals surface area contributed by atoms with Gasteiger partial charge in [0.1, 0.15) is 0 Å². The summed E-state index contributed by atoms with van der Waals surface area (Å²) in [6.45, 7) is 1.92. The maximum absolute atomic E-state index is 13.3. The Hall–Kier alpha value is -0.680. The lowest BCUT2D eigenvalue weighted by atomic mass is 10.1. The first-order valence-corrected chi connectivity index (χ1v) is 5.56. The first-order valence-electron chi connectivity index (χ1n) is 4.77. The van der Waals surface area contributed by atoms with Crippen LogP contribution in [0.3, 0.4) is 0 Å². The molecule has 1 aliphatic rings. The number of hydrogen-bond donors (Lipinski definition) is 0. The Morgan fingerprint density at radius 3 is 3.20 bits per heavy atom. The Morgan fingerprint density at radius 2 is 2.53 bits per heavy atom. The number of pyridine rings is 1. The van der Waals surface area contributed by atoms with E-state index in [-0.39, 0.29) is 5.88 Å². The highest BCUT2D eigenvalue weighted by Crippen LogP contribution is 2.20. The van der Waals surface area contributed by atoms with Crippen molar-refractivity contribution in [2.75, 3.05) is 19.8 Å². The number of rotatable bonds is 3. The molecule has 15 heavy (non-hydrogen) atoms. The lowest BCUT2D eigenvalue weighted by Crippen LogP contribution is -2.12. The molecular formula is C10H11BrFNO2. The first-order chi connectivity index (χ1) is 7.25. The van der Waals surface area contributed by atoms with Gasteiger partial charge in [-0.05, 0) is 28.4 Å². The van der Waals surface area contributed by atoms with Crippen LogP contribution in [0, 0.1) is 11.7 Å². The Balaban J connectivity index is 1.92. The standard InChI is InChI=1S/C10H11BrFNO2/c11-8-3-9(12)10(13-4-8)15-6-7-1-2-14-5-7/h3-4,7H,1-2,5-6H2. The average Bonchev–Trinajstić information content (AvgIpc) is 2.69. The van der Waals surface area contributed by atoms with Gasteiger partial charge in [-0.1, -0.05) is 0 Å². The summed E-state index contributed by atoms with van der Waals surface area (Å²) < 4.78 is 24.4. The van der Waals surface area contributed by atoms with Crippen molar-refractivity contribution >= 4 is 15.9 Å². The summed E-state index contributed by atoms with van der Waals surface area (Å²) in [7, 11) is 0. The van der Waals surface area contributed by atoms with E-state index < -0.39 is 5.82 Å². The van der Waals surface area contributed by atoms with E-state index in [2.05, 4.69) is 20.9 Å². The van der Waals surface area contributed by atoms with Gasteiger partial charge in [-0.15, -0.1) is 0 Å². The van der Waals surface area contributed by atoms with E-state index in [0.29, 0.717) is 23.6 Å². The lowest BCUT2D eigenvalue weighted by Gasteiger charge is -2.09. The van der Waals surface area contributed by atoms with Crippen LogP contribution in [-0.4, -0.2) is 24.8 Å². The lowest BCUT2D eigenvalue weighted by molar-refractivity contribution is 0.163. The van der Waals surface area contributed by atoms with Gasteiger partial charge in [-0.3, -0.25) is 0 Å². The SMILES string of the molecule is Fc1cc(Br)cnc1OCC1CCOC1. The molecule has 1 fully saturated rings. The van der Waals surface area contributed by atoms with Crippen LogP contribution in [0.1, 0.15) is 6.42 Å². The average molecular weight is 276 g/mol. The van der Waals surface area contributed by atoms with Gasteiger partial charge in [0.25, 0.3) is 0 Å². The zero-order valence-corrected chi connectivity index (χ0v) is 9.67. The van der Waals surface area contributed by atoms with Gasteiger partial charge in [-0.25, -0.2) is 9.37 Å². The largest absolute Gasteiger partial charge is 0.475 e. The van der Waals surface area contributed by atoms with Crippen molar-refractivity contribution in [2.45, 2.75) is 6.42 Å². The zero-order valence-electron chi connectivity index (χ0n) is 8.08. The second-order valence-corrected chi connectivity index (χ2v) is 4.40. The van der Waals surface area contributed by atoms with Gasteiger partial charge in [0.2, 0.25) is 5.88 Å². The molecule has 1 atom stereocenters. The minimum absolute atomic E-state index is 0.0603. The van der Waals surface area contributed by atoms with Crippen molar-refractivity contribution < 1.29 is 13.9 Å². The van der Waals surface area contributed by atoms with E-state index in [1.807, 2.05) is 0 Å².